The smallest absolute Gasteiger partial charge is 0.241 e. The zero-order chi connectivity index (χ0) is 18.1. The van der Waals surface area contributed by atoms with Crippen molar-refractivity contribution in [2.45, 2.75) is 13.1 Å². The Bertz CT molecular complexity index is 685. The van der Waals surface area contributed by atoms with Gasteiger partial charge in [-0.2, -0.15) is 0 Å². The Hall–Kier alpha value is -2.23. The van der Waals surface area contributed by atoms with Gasteiger partial charge in [-0.05, 0) is 29.8 Å². The molecule has 26 heavy (non-hydrogen) atoms. The molecular weight excluding hydrogens is 447 g/mol. The first-order valence-electron chi connectivity index (χ1n) is 7.96. The Kier molecular flexibility index (Phi) is 9.56. The van der Waals surface area contributed by atoms with Crippen molar-refractivity contribution in [3.05, 3.63) is 54.0 Å². The quantitative estimate of drug-likeness (QED) is 0.367. The number of likely N-dealkylation sites (N-methyl/N-ethyl adjacent to an activating group) is 1. The molecule has 1 heterocycles. The van der Waals surface area contributed by atoms with Crippen LogP contribution in [0.4, 0.5) is 0 Å². The summed E-state index contributed by atoms with van der Waals surface area (Å²) in [6.45, 7) is 1.13. The average molecular weight is 472 g/mol. The number of ether oxygens (including phenoxy) is 1. The SMILES string of the molecule is COc1ccc(CN=C(NCC(=O)N(C)C)NCc2ccco2)cc1.I. The van der Waals surface area contributed by atoms with Gasteiger partial charge in [0.1, 0.15) is 11.5 Å². The van der Waals surface area contributed by atoms with E-state index in [0.29, 0.717) is 19.0 Å². The van der Waals surface area contributed by atoms with Crippen LogP contribution in [-0.4, -0.2) is 44.5 Å². The molecule has 1 aromatic carbocycles. The summed E-state index contributed by atoms with van der Waals surface area (Å²) in [4.78, 5) is 17.8. The number of aliphatic imine (C=N–C) groups is 1. The second kappa shape index (κ2) is 11.4. The molecule has 1 aromatic heterocycles. The Morgan fingerprint density at radius 2 is 1.92 bits per heavy atom. The second-order valence-electron chi connectivity index (χ2n) is 5.59. The molecule has 1 amide bonds. The van der Waals surface area contributed by atoms with Gasteiger partial charge in [-0.25, -0.2) is 4.99 Å². The Labute approximate surface area is 170 Å². The monoisotopic (exact) mass is 472 g/mol. The van der Waals surface area contributed by atoms with Crippen molar-refractivity contribution in [2.24, 2.45) is 4.99 Å². The predicted octanol–water partition coefficient (Wildman–Crippen LogP) is 2.23. The summed E-state index contributed by atoms with van der Waals surface area (Å²) in [5.41, 5.74) is 1.04. The van der Waals surface area contributed by atoms with E-state index in [4.69, 9.17) is 9.15 Å². The predicted molar refractivity (Wildman–Crippen MR) is 112 cm³/mol. The van der Waals surface area contributed by atoms with E-state index in [1.807, 2.05) is 36.4 Å². The summed E-state index contributed by atoms with van der Waals surface area (Å²) in [5, 5.41) is 6.20. The molecule has 0 bridgehead atoms. The topological polar surface area (TPSA) is 79.1 Å². The molecule has 0 unspecified atom stereocenters. The van der Waals surface area contributed by atoms with Crippen LogP contribution in [0.3, 0.4) is 0 Å². The van der Waals surface area contributed by atoms with E-state index >= 15 is 0 Å². The molecule has 2 aromatic rings. The van der Waals surface area contributed by atoms with Crippen molar-refractivity contribution in [2.75, 3.05) is 27.7 Å². The molecule has 8 heteroatoms. The molecule has 2 rings (SSSR count). The molecule has 0 aliphatic heterocycles. The highest BCUT2D eigenvalue weighted by Gasteiger charge is 2.06. The molecule has 7 nitrogen and oxygen atoms in total. The lowest BCUT2D eigenvalue weighted by molar-refractivity contribution is -0.127. The highest BCUT2D eigenvalue weighted by atomic mass is 127. The third-order valence-electron chi connectivity index (χ3n) is 3.49. The highest BCUT2D eigenvalue weighted by molar-refractivity contribution is 14.0. The number of hydrogen-bond donors (Lipinski definition) is 2. The molecule has 0 saturated heterocycles. The van der Waals surface area contributed by atoms with Crippen LogP contribution in [-0.2, 0) is 17.9 Å². The summed E-state index contributed by atoms with van der Waals surface area (Å²) >= 11 is 0. The van der Waals surface area contributed by atoms with Crippen molar-refractivity contribution in [3.8, 4) is 5.75 Å². The summed E-state index contributed by atoms with van der Waals surface area (Å²) < 4.78 is 10.5. The van der Waals surface area contributed by atoms with Gasteiger partial charge in [-0.3, -0.25) is 4.79 Å². The van der Waals surface area contributed by atoms with Crippen molar-refractivity contribution in [1.82, 2.24) is 15.5 Å². The van der Waals surface area contributed by atoms with E-state index < -0.39 is 0 Å². The van der Waals surface area contributed by atoms with Gasteiger partial charge in [0.2, 0.25) is 5.91 Å². The molecular formula is C18H25IN4O3. The van der Waals surface area contributed by atoms with Gasteiger partial charge in [-0.1, -0.05) is 12.1 Å². The molecule has 0 aliphatic carbocycles. The number of hydrogen-bond acceptors (Lipinski definition) is 4. The van der Waals surface area contributed by atoms with Crippen LogP contribution < -0.4 is 15.4 Å². The number of methoxy groups -OCH3 is 1. The fourth-order valence-electron chi connectivity index (χ4n) is 1.98. The van der Waals surface area contributed by atoms with E-state index in [-0.39, 0.29) is 36.4 Å². The van der Waals surface area contributed by atoms with Crippen molar-refractivity contribution in [1.29, 1.82) is 0 Å². The van der Waals surface area contributed by atoms with Gasteiger partial charge in [0.15, 0.2) is 5.96 Å². The van der Waals surface area contributed by atoms with E-state index in [1.54, 1.807) is 27.5 Å². The maximum atomic E-state index is 11.8. The van der Waals surface area contributed by atoms with Gasteiger partial charge in [-0.15, -0.1) is 24.0 Å². The molecule has 0 saturated carbocycles. The van der Waals surface area contributed by atoms with Gasteiger partial charge >= 0.3 is 0 Å². The minimum Gasteiger partial charge on any atom is -0.497 e. The van der Waals surface area contributed by atoms with Crippen LogP contribution in [0.2, 0.25) is 0 Å². The molecule has 0 fully saturated rings. The molecule has 0 atom stereocenters. The standard InChI is InChI=1S/C18H24N4O3.HI/c1-22(2)17(23)13-21-18(20-12-16-5-4-10-25-16)19-11-14-6-8-15(24-3)9-7-14;/h4-10H,11-13H2,1-3H3,(H2,19,20,21);1H. The normalized spacial score (nSPS) is 10.7. The first-order valence-corrected chi connectivity index (χ1v) is 7.96. The van der Waals surface area contributed by atoms with Gasteiger partial charge in [0.25, 0.3) is 0 Å². The van der Waals surface area contributed by atoms with E-state index in [0.717, 1.165) is 17.1 Å². The number of furan rings is 1. The number of halogens is 1. The number of nitrogens with one attached hydrogen (secondary N) is 2. The van der Waals surface area contributed by atoms with E-state index in [2.05, 4.69) is 15.6 Å². The van der Waals surface area contributed by atoms with Gasteiger partial charge in [0.05, 0.1) is 33.0 Å². The second-order valence-corrected chi connectivity index (χ2v) is 5.59. The number of nitrogens with zero attached hydrogens (tertiary/aromatic N) is 2. The van der Waals surface area contributed by atoms with E-state index in [1.165, 1.54) is 4.90 Å². The minimum absolute atomic E-state index is 0. The number of guanidine groups is 1. The summed E-state index contributed by atoms with van der Waals surface area (Å²) in [5.74, 6) is 2.11. The summed E-state index contributed by atoms with van der Waals surface area (Å²) in [7, 11) is 5.07. The van der Waals surface area contributed by atoms with Crippen LogP contribution in [0.15, 0.2) is 52.1 Å². The number of benzene rings is 1. The van der Waals surface area contributed by atoms with Crippen molar-refractivity contribution >= 4 is 35.8 Å². The fourth-order valence-corrected chi connectivity index (χ4v) is 1.98. The molecule has 2 N–H and O–H groups in total. The Morgan fingerprint density at radius 3 is 2.50 bits per heavy atom. The Balaban J connectivity index is 0.00000338. The molecule has 142 valence electrons. The minimum atomic E-state index is -0.0306. The van der Waals surface area contributed by atoms with Crippen molar-refractivity contribution < 1.29 is 13.9 Å². The van der Waals surface area contributed by atoms with Crippen LogP contribution in [0, 0.1) is 0 Å². The van der Waals surface area contributed by atoms with Crippen LogP contribution in [0.1, 0.15) is 11.3 Å². The lowest BCUT2D eigenvalue weighted by Crippen LogP contribution is -2.42. The largest absolute Gasteiger partial charge is 0.497 e. The Morgan fingerprint density at radius 1 is 1.19 bits per heavy atom. The van der Waals surface area contributed by atoms with Crippen LogP contribution >= 0.6 is 24.0 Å². The van der Waals surface area contributed by atoms with E-state index in [9.17, 15) is 4.79 Å². The number of amides is 1. The maximum Gasteiger partial charge on any atom is 0.241 e. The van der Waals surface area contributed by atoms with Crippen LogP contribution in [0.25, 0.3) is 0 Å². The average Bonchev–Trinajstić information content (AvgIpc) is 3.14. The lowest BCUT2D eigenvalue weighted by atomic mass is 10.2. The summed E-state index contributed by atoms with van der Waals surface area (Å²) in [6.07, 6.45) is 1.62. The first kappa shape index (κ1) is 21.8. The van der Waals surface area contributed by atoms with Gasteiger partial charge in [0, 0.05) is 14.1 Å². The number of rotatable bonds is 7. The number of carbonyl (C=O) groups is 1. The first-order chi connectivity index (χ1) is 12.1. The van der Waals surface area contributed by atoms with Crippen molar-refractivity contribution in [3.63, 3.8) is 0 Å². The van der Waals surface area contributed by atoms with Gasteiger partial charge < -0.3 is 24.7 Å². The zero-order valence-electron chi connectivity index (χ0n) is 15.2. The number of carbonyl (C=O) groups excluding carboxylic acids is 1. The molecule has 0 aliphatic rings. The molecule has 0 radical (unpaired) electrons. The summed E-state index contributed by atoms with van der Waals surface area (Å²) in [6, 6.07) is 11.4. The third-order valence-corrected chi connectivity index (χ3v) is 3.49. The lowest BCUT2D eigenvalue weighted by Gasteiger charge is -2.14. The fraction of sp³-hybridized carbons (Fsp3) is 0.333. The maximum absolute atomic E-state index is 11.8. The van der Waals surface area contributed by atoms with Crippen LogP contribution in [0.5, 0.6) is 5.75 Å². The zero-order valence-corrected chi connectivity index (χ0v) is 17.5. The highest BCUT2D eigenvalue weighted by Crippen LogP contribution is 2.11. The molecule has 0 spiro atoms. The third kappa shape index (κ3) is 7.34.